The van der Waals surface area contributed by atoms with Gasteiger partial charge in [-0.25, -0.2) is 13.8 Å². The molecule has 0 spiro atoms. The molecule has 0 fully saturated rings. The summed E-state index contributed by atoms with van der Waals surface area (Å²) in [6, 6.07) is 7.13. The maximum absolute atomic E-state index is 13.2. The maximum Gasteiger partial charge on any atom is 0.205 e. The molecule has 2 heterocycles. The fourth-order valence-corrected chi connectivity index (χ4v) is 2.32. The van der Waals surface area contributed by atoms with Gasteiger partial charge in [-0.1, -0.05) is 0 Å². The summed E-state index contributed by atoms with van der Waals surface area (Å²) in [7, 11) is 0. The van der Waals surface area contributed by atoms with E-state index in [1.54, 1.807) is 12.1 Å². The average molecular weight is 303 g/mol. The fraction of sp³-hybridized carbons (Fsp3) is 0.133. The van der Waals surface area contributed by atoms with Crippen LogP contribution >= 0.6 is 0 Å². The molecule has 1 aliphatic rings. The Hall–Kier alpha value is -2.83. The lowest BCUT2D eigenvalue weighted by molar-refractivity contribution is 0.172. The van der Waals surface area contributed by atoms with E-state index >= 15 is 0 Å². The Morgan fingerprint density at radius 1 is 1.00 bits per heavy atom. The molecule has 3 aromatic rings. The van der Waals surface area contributed by atoms with Gasteiger partial charge in [0.1, 0.15) is 13.2 Å². The normalized spacial score (nSPS) is 13.4. The van der Waals surface area contributed by atoms with Crippen LogP contribution in [0.2, 0.25) is 0 Å². The Morgan fingerprint density at radius 2 is 1.77 bits per heavy atom. The van der Waals surface area contributed by atoms with Gasteiger partial charge in [0.2, 0.25) is 5.95 Å². The lowest BCUT2D eigenvalue weighted by Crippen LogP contribution is -2.15. The van der Waals surface area contributed by atoms with E-state index in [0.29, 0.717) is 41.9 Å². The number of nitrogens with one attached hydrogen (secondary N) is 2. The van der Waals surface area contributed by atoms with E-state index in [9.17, 15) is 8.78 Å². The second-order valence-electron chi connectivity index (χ2n) is 4.85. The Labute approximate surface area is 123 Å². The molecule has 5 nitrogen and oxygen atoms in total. The van der Waals surface area contributed by atoms with Crippen molar-refractivity contribution in [3.05, 3.63) is 42.0 Å². The molecule has 7 heteroatoms. The van der Waals surface area contributed by atoms with E-state index in [1.807, 2.05) is 0 Å². The number of hydrogen-bond donors (Lipinski definition) is 2. The van der Waals surface area contributed by atoms with Crippen molar-refractivity contribution in [2.75, 3.05) is 18.5 Å². The number of anilines is 2. The Kier molecular flexibility index (Phi) is 2.85. The van der Waals surface area contributed by atoms with Gasteiger partial charge in [-0.2, -0.15) is 0 Å². The molecule has 0 bridgehead atoms. The van der Waals surface area contributed by atoms with Crippen LogP contribution in [0.15, 0.2) is 30.3 Å². The minimum Gasteiger partial charge on any atom is -0.486 e. The van der Waals surface area contributed by atoms with Crippen molar-refractivity contribution in [1.82, 2.24) is 9.97 Å². The summed E-state index contributed by atoms with van der Waals surface area (Å²) < 4.78 is 37.1. The van der Waals surface area contributed by atoms with Gasteiger partial charge in [0.15, 0.2) is 23.1 Å². The van der Waals surface area contributed by atoms with Crippen molar-refractivity contribution in [3.8, 4) is 11.5 Å². The minimum atomic E-state index is -0.918. The standard InChI is InChI=1S/C15H11F2N3O2/c16-9-2-1-8(5-10(9)17)18-15-19-11-6-13-14(7-12(11)20-15)22-4-3-21-13/h1-2,5-7H,3-4H2,(H2,18,19,20). The van der Waals surface area contributed by atoms with E-state index in [2.05, 4.69) is 15.3 Å². The first-order valence-electron chi connectivity index (χ1n) is 6.70. The van der Waals surface area contributed by atoms with Crippen molar-refractivity contribution in [2.45, 2.75) is 0 Å². The molecule has 0 atom stereocenters. The lowest BCUT2D eigenvalue weighted by Gasteiger charge is -2.17. The van der Waals surface area contributed by atoms with Gasteiger partial charge in [0.05, 0.1) is 11.0 Å². The van der Waals surface area contributed by atoms with Crippen LogP contribution in [0.25, 0.3) is 11.0 Å². The molecule has 1 aliphatic heterocycles. The highest BCUT2D eigenvalue weighted by Crippen LogP contribution is 2.34. The second kappa shape index (κ2) is 4.87. The number of benzene rings is 2. The third-order valence-corrected chi connectivity index (χ3v) is 3.33. The molecule has 2 aromatic carbocycles. The molecule has 4 rings (SSSR count). The fourth-order valence-electron chi connectivity index (χ4n) is 2.32. The van der Waals surface area contributed by atoms with Crippen LogP contribution in [0.1, 0.15) is 0 Å². The van der Waals surface area contributed by atoms with Crippen LogP contribution in [0, 0.1) is 11.6 Å². The number of rotatable bonds is 2. The van der Waals surface area contributed by atoms with Crippen molar-refractivity contribution in [3.63, 3.8) is 0 Å². The number of aromatic amines is 1. The number of H-pyrrole nitrogens is 1. The number of fused-ring (bicyclic) bond motifs is 2. The van der Waals surface area contributed by atoms with Crippen molar-refractivity contribution < 1.29 is 18.3 Å². The molecular weight excluding hydrogens is 292 g/mol. The van der Waals surface area contributed by atoms with Gasteiger partial charge in [0, 0.05) is 23.9 Å². The van der Waals surface area contributed by atoms with E-state index in [0.717, 1.165) is 17.6 Å². The molecule has 0 radical (unpaired) electrons. The van der Waals surface area contributed by atoms with Crippen molar-refractivity contribution in [2.24, 2.45) is 0 Å². The number of nitrogens with zero attached hydrogens (tertiary/aromatic N) is 1. The Balaban J connectivity index is 1.68. The molecular formula is C15H11F2N3O2. The van der Waals surface area contributed by atoms with Crippen molar-refractivity contribution in [1.29, 1.82) is 0 Å². The average Bonchev–Trinajstić information content (AvgIpc) is 2.89. The van der Waals surface area contributed by atoms with Crippen LogP contribution in [-0.2, 0) is 0 Å². The van der Waals surface area contributed by atoms with Crippen LogP contribution < -0.4 is 14.8 Å². The summed E-state index contributed by atoms with van der Waals surface area (Å²) in [6.45, 7) is 1.01. The smallest absolute Gasteiger partial charge is 0.205 e. The Morgan fingerprint density at radius 3 is 2.55 bits per heavy atom. The second-order valence-corrected chi connectivity index (χ2v) is 4.85. The number of imidazole rings is 1. The molecule has 112 valence electrons. The SMILES string of the molecule is Fc1ccc(Nc2nc3cc4c(cc3[nH]2)OCCO4)cc1F. The molecule has 0 unspecified atom stereocenters. The number of aromatic nitrogens is 2. The molecule has 22 heavy (non-hydrogen) atoms. The van der Waals surface area contributed by atoms with E-state index in [1.165, 1.54) is 6.07 Å². The van der Waals surface area contributed by atoms with Gasteiger partial charge >= 0.3 is 0 Å². The van der Waals surface area contributed by atoms with E-state index in [4.69, 9.17) is 9.47 Å². The lowest BCUT2D eigenvalue weighted by atomic mass is 10.2. The summed E-state index contributed by atoms with van der Waals surface area (Å²) in [6.07, 6.45) is 0. The molecule has 2 N–H and O–H groups in total. The summed E-state index contributed by atoms with van der Waals surface area (Å²) in [4.78, 5) is 7.40. The minimum absolute atomic E-state index is 0.398. The first-order chi connectivity index (χ1) is 10.7. The summed E-state index contributed by atoms with van der Waals surface area (Å²) in [5, 5.41) is 2.90. The Bertz CT molecular complexity index is 820. The molecule has 0 amide bonds. The summed E-state index contributed by atoms with van der Waals surface area (Å²) in [5.41, 5.74) is 1.85. The zero-order valence-corrected chi connectivity index (χ0v) is 11.3. The topological polar surface area (TPSA) is 59.2 Å². The van der Waals surface area contributed by atoms with Gasteiger partial charge in [-0.05, 0) is 12.1 Å². The maximum atomic E-state index is 13.2. The zero-order valence-electron chi connectivity index (χ0n) is 11.3. The molecule has 1 aromatic heterocycles. The predicted octanol–water partition coefficient (Wildman–Crippen LogP) is 3.36. The van der Waals surface area contributed by atoms with Crippen molar-refractivity contribution >= 4 is 22.7 Å². The van der Waals surface area contributed by atoms with Crippen LogP contribution in [0.4, 0.5) is 20.4 Å². The van der Waals surface area contributed by atoms with E-state index in [-0.39, 0.29) is 0 Å². The monoisotopic (exact) mass is 303 g/mol. The zero-order chi connectivity index (χ0) is 15.1. The van der Waals surface area contributed by atoms with Crippen LogP contribution in [-0.4, -0.2) is 23.2 Å². The highest BCUT2D eigenvalue weighted by atomic mass is 19.2. The summed E-state index contributed by atoms with van der Waals surface area (Å²) in [5.74, 6) is -0.0923. The molecule has 0 saturated heterocycles. The number of ether oxygens (including phenoxy) is 2. The number of hydrogen-bond acceptors (Lipinski definition) is 4. The molecule has 0 saturated carbocycles. The number of halogens is 2. The van der Waals surface area contributed by atoms with E-state index < -0.39 is 11.6 Å². The van der Waals surface area contributed by atoms with Crippen LogP contribution in [0.5, 0.6) is 11.5 Å². The highest BCUT2D eigenvalue weighted by Gasteiger charge is 2.15. The summed E-state index contributed by atoms with van der Waals surface area (Å²) >= 11 is 0. The first kappa shape index (κ1) is 12.9. The van der Waals surface area contributed by atoms with Gasteiger partial charge in [-0.3, -0.25) is 0 Å². The van der Waals surface area contributed by atoms with Gasteiger partial charge in [-0.15, -0.1) is 0 Å². The predicted molar refractivity (Wildman–Crippen MR) is 76.7 cm³/mol. The molecule has 0 aliphatic carbocycles. The first-order valence-corrected chi connectivity index (χ1v) is 6.70. The third-order valence-electron chi connectivity index (χ3n) is 3.33. The highest BCUT2D eigenvalue weighted by molar-refractivity contribution is 5.82. The third kappa shape index (κ3) is 2.20. The van der Waals surface area contributed by atoms with Crippen LogP contribution in [0.3, 0.4) is 0 Å². The van der Waals surface area contributed by atoms with Gasteiger partial charge in [0.25, 0.3) is 0 Å². The van der Waals surface area contributed by atoms with Gasteiger partial charge < -0.3 is 19.8 Å². The largest absolute Gasteiger partial charge is 0.486 e. The quantitative estimate of drug-likeness (QED) is 0.762.